The topological polar surface area (TPSA) is 29.9 Å². The van der Waals surface area contributed by atoms with E-state index >= 15 is 0 Å². The highest BCUT2D eigenvalue weighted by atomic mass is 15.1. The fourth-order valence-corrected chi connectivity index (χ4v) is 3.04. The van der Waals surface area contributed by atoms with Crippen molar-refractivity contribution >= 4 is 0 Å². The number of rotatable bonds is 2. The SMILES string of the molecule is CC(C)(C)c1ccc(-c2nccn2C2CCNCC2)cc1. The molecule has 1 aromatic heterocycles. The van der Waals surface area contributed by atoms with Gasteiger partial charge in [-0.1, -0.05) is 45.0 Å². The molecule has 0 bridgehead atoms. The zero-order valence-electron chi connectivity index (χ0n) is 13.3. The molecule has 3 rings (SSSR count). The normalized spacial score (nSPS) is 17.1. The van der Waals surface area contributed by atoms with Gasteiger partial charge in [-0.25, -0.2) is 4.98 Å². The van der Waals surface area contributed by atoms with Crippen molar-refractivity contribution in [2.75, 3.05) is 13.1 Å². The molecule has 0 saturated carbocycles. The van der Waals surface area contributed by atoms with Gasteiger partial charge in [-0.3, -0.25) is 0 Å². The molecule has 0 amide bonds. The van der Waals surface area contributed by atoms with Crippen LogP contribution in [0.25, 0.3) is 11.4 Å². The van der Waals surface area contributed by atoms with Crippen LogP contribution in [0, 0.1) is 0 Å². The summed E-state index contributed by atoms with van der Waals surface area (Å²) in [7, 11) is 0. The molecule has 1 fully saturated rings. The van der Waals surface area contributed by atoms with E-state index in [-0.39, 0.29) is 5.41 Å². The second kappa shape index (κ2) is 5.64. The van der Waals surface area contributed by atoms with Gasteiger partial charge in [-0.2, -0.15) is 0 Å². The molecule has 0 unspecified atom stereocenters. The molecule has 112 valence electrons. The van der Waals surface area contributed by atoms with Gasteiger partial charge >= 0.3 is 0 Å². The van der Waals surface area contributed by atoms with E-state index in [4.69, 9.17) is 0 Å². The Kier molecular flexibility index (Phi) is 3.85. The fourth-order valence-electron chi connectivity index (χ4n) is 3.04. The second-order valence-corrected chi connectivity index (χ2v) is 6.97. The minimum Gasteiger partial charge on any atom is -0.328 e. The first kappa shape index (κ1) is 14.3. The first-order chi connectivity index (χ1) is 10.1. The third kappa shape index (κ3) is 3.03. The number of hydrogen-bond acceptors (Lipinski definition) is 2. The summed E-state index contributed by atoms with van der Waals surface area (Å²) in [5.41, 5.74) is 2.78. The van der Waals surface area contributed by atoms with Crippen molar-refractivity contribution < 1.29 is 0 Å². The summed E-state index contributed by atoms with van der Waals surface area (Å²) in [6.07, 6.45) is 6.42. The summed E-state index contributed by atoms with van der Waals surface area (Å²) >= 11 is 0. The molecular weight excluding hydrogens is 258 g/mol. The molecule has 1 N–H and O–H groups in total. The Morgan fingerprint density at radius 1 is 1.10 bits per heavy atom. The van der Waals surface area contributed by atoms with Crippen LogP contribution >= 0.6 is 0 Å². The lowest BCUT2D eigenvalue weighted by atomic mass is 9.86. The van der Waals surface area contributed by atoms with Crippen LogP contribution in [0.3, 0.4) is 0 Å². The maximum atomic E-state index is 4.60. The Hall–Kier alpha value is -1.61. The Morgan fingerprint density at radius 2 is 1.76 bits per heavy atom. The van der Waals surface area contributed by atoms with E-state index in [0.29, 0.717) is 6.04 Å². The third-order valence-electron chi connectivity index (χ3n) is 4.38. The Morgan fingerprint density at radius 3 is 2.38 bits per heavy atom. The first-order valence-electron chi connectivity index (χ1n) is 7.90. The molecule has 21 heavy (non-hydrogen) atoms. The van der Waals surface area contributed by atoms with Gasteiger partial charge < -0.3 is 9.88 Å². The maximum absolute atomic E-state index is 4.60. The zero-order chi connectivity index (χ0) is 14.9. The largest absolute Gasteiger partial charge is 0.328 e. The summed E-state index contributed by atoms with van der Waals surface area (Å²) in [4.78, 5) is 4.60. The highest BCUT2D eigenvalue weighted by molar-refractivity contribution is 5.56. The van der Waals surface area contributed by atoms with Crippen LogP contribution in [0.15, 0.2) is 36.7 Å². The van der Waals surface area contributed by atoms with E-state index < -0.39 is 0 Å². The van der Waals surface area contributed by atoms with Gasteiger partial charge in [0.15, 0.2) is 0 Å². The molecule has 3 nitrogen and oxygen atoms in total. The summed E-state index contributed by atoms with van der Waals surface area (Å²) in [6.45, 7) is 8.95. The van der Waals surface area contributed by atoms with Crippen molar-refractivity contribution in [2.24, 2.45) is 0 Å². The van der Waals surface area contributed by atoms with Gasteiger partial charge in [0, 0.05) is 24.0 Å². The monoisotopic (exact) mass is 283 g/mol. The number of nitrogens with zero attached hydrogens (tertiary/aromatic N) is 2. The van der Waals surface area contributed by atoms with Gasteiger partial charge in [-0.15, -0.1) is 0 Å². The average molecular weight is 283 g/mol. The van der Waals surface area contributed by atoms with E-state index in [1.165, 1.54) is 24.0 Å². The molecule has 1 saturated heterocycles. The van der Waals surface area contributed by atoms with Crippen molar-refractivity contribution in [3.63, 3.8) is 0 Å². The smallest absolute Gasteiger partial charge is 0.140 e. The van der Waals surface area contributed by atoms with Gasteiger partial charge in [0.05, 0.1) is 0 Å². The maximum Gasteiger partial charge on any atom is 0.140 e. The average Bonchev–Trinajstić information content (AvgIpc) is 2.97. The zero-order valence-corrected chi connectivity index (χ0v) is 13.3. The van der Waals surface area contributed by atoms with Crippen LogP contribution in [-0.2, 0) is 5.41 Å². The molecule has 1 aliphatic rings. The lowest BCUT2D eigenvalue weighted by Crippen LogP contribution is -2.29. The molecule has 2 heterocycles. The standard InChI is InChI=1S/C18H25N3/c1-18(2,3)15-6-4-14(5-7-15)17-20-12-13-21(17)16-8-10-19-11-9-16/h4-7,12-13,16,19H,8-11H2,1-3H3. The lowest BCUT2D eigenvalue weighted by molar-refractivity contribution is 0.370. The van der Waals surface area contributed by atoms with Crippen LogP contribution in [0.2, 0.25) is 0 Å². The van der Waals surface area contributed by atoms with Crippen LogP contribution in [0.1, 0.15) is 45.2 Å². The number of hydrogen-bond donors (Lipinski definition) is 1. The Balaban J connectivity index is 1.89. The van der Waals surface area contributed by atoms with Crippen LogP contribution in [0.4, 0.5) is 0 Å². The highest BCUT2D eigenvalue weighted by Gasteiger charge is 2.19. The highest BCUT2D eigenvalue weighted by Crippen LogP contribution is 2.28. The van der Waals surface area contributed by atoms with Crippen molar-refractivity contribution in [1.29, 1.82) is 0 Å². The Bertz CT molecular complexity index is 584. The van der Waals surface area contributed by atoms with Crippen molar-refractivity contribution in [3.8, 4) is 11.4 Å². The first-order valence-corrected chi connectivity index (χ1v) is 7.90. The molecule has 0 radical (unpaired) electrons. The quantitative estimate of drug-likeness (QED) is 0.909. The van der Waals surface area contributed by atoms with Crippen molar-refractivity contribution in [1.82, 2.24) is 14.9 Å². The summed E-state index contributed by atoms with van der Waals surface area (Å²) in [6, 6.07) is 9.46. The molecule has 0 aliphatic carbocycles. The Labute approximate surface area is 127 Å². The van der Waals surface area contributed by atoms with E-state index in [1.54, 1.807) is 0 Å². The molecule has 2 aromatic rings. The molecule has 1 aliphatic heterocycles. The van der Waals surface area contributed by atoms with Crippen molar-refractivity contribution in [3.05, 3.63) is 42.2 Å². The second-order valence-electron chi connectivity index (χ2n) is 6.97. The minimum absolute atomic E-state index is 0.197. The van der Waals surface area contributed by atoms with Gasteiger partial charge in [0.1, 0.15) is 5.82 Å². The molecule has 0 atom stereocenters. The summed E-state index contributed by atoms with van der Waals surface area (Å²) < 4.78 is 2.35. The number of nitrogens with one attached hydrogen (secondary N) is 1. The molecule has 1 aromatic carbocycles. The summed E-state index contributed by atoms with van der Waals surface area (Å²) in [5, 5.41) is 3.43. The number of piperidine rings is 1. The summed E-state index contributed by atoms with van der Waals surface area (Å²) in [5.74, 6) is 1.10. The van der Waals surface area contributed by atoms with E-state index in [0.717, 1.165) is 18.9 Å². The van der Waals surface area contributed by atoms with Gasteiger partial charge in [-0.05, 0) is 36.9 Å². The number of imidazole rings is 1. The fraction of sp³-hybridized carbons (Fsp3) is 0.500. The van der Waals surface area contributed by atoms with Gasteiger partial charge in [0.25, 0.3) is 0 Å². The molecular formula is C18H25N3. The van der Waals surface area contributed by atoms with Crippen LogP contribution in [0.5, 0.6) is 0 Å². The van der Waals surface area contributed by atoms with Crippen molar-refractivity contribution in [2.45, 2.75) is 45.1 Å². The molecule has 0 spiro atoms. The minimum atomic E-state index is 0.197. The lowest BCUT2D eigenvalue weighted by Gasteiger charge is -2.25. The number of benzene rings is 1. The van der Waals surface area contributed by atoms with Crippen LogP contribution in [-0.4, -0.2) is 22.6 Å². The van der Waals surface area contributed by atoms with Gasteiger partial charge in [0.2, 0.25) is 0 Å². The predicted molar refractivity (Wildman–Crippen MR) is 87.5 cm³/mol. The van der Waals surface area contributed by atoms with E-state index in [9.17, 15) is 0 Å². The van der Waals surface area contributed by atoms with Crippen LogP contribution < -0.4 is 5.32 Å². The third-order valence-corrected chi connectivity index (χ3v) is 4.38. The number of aromatic nitrogens is 2. The van der Waals surface area contributed by atoms with E-state index in [1.807, 2.05) is 6.20 Å². The molecule has 3 heteroatoms. The van der Waals surface area contributed by atoms with E-state index in [2.05, 4.69) is 66.1 Å². The predicted octanol–water partition coefficient (Wildman–Crippen LogP) is 3.77.